The number of methoxy groups -OCH3 is 1. The molecule has 1 aromatic heterocycles. The van der Waals surface area contributed by atoms with Gasteiger partial charge in [-0.2, -0.15) is 4.99 Å². The second kappa shape index (κ2) is 9.06. The molecule has 0 spiro atoms. The van der Waals surface area contributed by atoms with Crippen molar-refractivity contribution in [2.75, 3.05) is 13.7 Å². The summed E-state index contributed by atoms with van der Waals surface area (Å²) in [5.41, 5.74) is -0.0147. The SMILES string of the molecule is CCOC(=O)Cn1c(=NC(=O)c2cc(Cl)ccc2[N+](=O)[O-])sc2cc(OC)ccc21. The van der Waals surface area contributed by atoms with Crippen LogP contribution in [0, 0.1) is 10.1 Å². The van der Waals surface area contributed by atoms with E-state index in [9.17, 15) is 19.7 Å². The van der Waals surface area contributed by atoms with E-state index in [0.717, 1.165) is 17.4 Å². The highest BCUT2D eigenvalue weighted by Crippen LogP contribution is 2.25. The number of nitro groups is 1. The lowest BCUT2D eigenvalue weighted by atomic mass is 10.2. The highest BCUT2D eigenvalue weighted by atomic mass is 35.5. The van der Waals surface area contributed by atoms with Gasteiger partial charge in [-0.3, -0.25) is 19.7 Å². The van der Waals surface area contributed by atoms with Crippen LogP contribution in [0.5, 0.6) is 5.75 Å². The number of amides is 1. The van der Waals surface area contributed by atoms with Crippen molar-refractivity contribution in [3.05, 3.63) is 61.9 Å². The molecule has 0 unspecified atom stereocenters. The van der Waals surface area contributed by atoms with Crippen molar-refractivity contribution >= 4 is 50.7 Å². The average molecular weight is 450 g/mol. The average Bonchev–Trinajstić information content (AvgIpc) is 3.03. The zero-order valence-electron chi connectivity index (χ0n) is 16.0. The first kappa shape index (κ1) is 21.5. The lowest BCUT2D eigenvalue weighted by Crippen LogP contribution is -2.23. The number of ether oxygens (including phenoxy) is 2. The first-order chi connectivity index (χ1) is 14.3. The van der Waals surface area contributed by atoms with Gasteiger partial charge < -0.3 is 14.0 Å². The minimum Gasteiger partial charge on any atom is -0.497 e. The van der Waals surface area contributed by atoms with Gasteiger partial charge in [0, 0.05) is 11.1 Å². The molecule has 0 aliphatic carbocycles. The Balaban J connectivity index is 2.17. The molecule has 0 fully saturated rings. The minimum absolute atomic E-state index is 0.166. The summed E-state index contributed by atoms with van der Waals surface area (Å²) >= 11 is 7.05. The summed E-state index contributed by atoms with van der Waals surface area (Å²) in [4.78, 5) is 39.7. The molecule has 0 saturated heterocycles. The Morgan fingerprint density at radius 1 is 1.27 bits per heavy atom. The molecule has 11 heteroatoms. The van der Waals surface area contributed by atoms with Gasteiger partial charge in [0.2, 0.25) is 0 Å². The van der Waals surface area contributed by atoms with E-state index in [1.165, 1.54) is 23.8 Å². The maximum atomic E-state index is 12.8. The van der Waals surface area contributed by atoms with Crippen LogP contribution in [0.4, 0.5) is 5.69 Å². The summed E-state index contributed by atoms with van der Waals surface area (Å²) in [5, 5.41) is 11.4. The molecule has 2 aromatic carbocycles. The normalized spacial score (nSPS) is 11.5. The number of hydrogen-bond donors (Lipinski definition) is 0. The molecule has 0 N–H and O–H groups in total. The van der Waals surface area contributed by atoms with Gasteiger partial charge in [0.25, 0.3) is 11.6 Å². The van der Waals surface area contributed by atoms with Crippen LogP contribution in [0.1, 0.15) is 17.3 Å². The number of benzene rings is 2. The highest BCUT2D eigenvalue weighted by molar-refractivity contribution is 7.16. The molecule has 1 amide bonds. The van der Waals surface area contributed by atoms with Crippen molar-refractivity contribution < 1.29 is 24.0 Å². The van der Waals surface area contributed by atoms with Gasteiger partial charge in [-0.25, -0.2) is 0 Å². The maximum absolute atomic E-state index is 12.8. The van der Waals surface area contributed by atoms with Crippen LogP contribution in [0.2, 0.25) is 5.02 Å². The first-order valence-corrected chi connectivity index (χ1v) is 9.89. The second-order valence-electron chi connectivity index (χ2n) is 5.94. The van der Waals surface area contributed by atoms with Gasteiger partial charge in [0.15, 0.2) is 4.80 Å². The maximum Gasteiger partial charge on any atom is 0.326 e. The van der Waals surface area contributed by atoms with E-state index < -0.39 is 22.5 Å². The van der Waals surface area contributed by atoms with E-state index in [1.54, 1.807) is 25.1 Å². The number of thiazole rings is 1. The predicted molar refractivity (Wildman–Crippen MR) is 111 cm³/mol. The molecule has 0 radical (unpaired) electrons. The zero-order valence-corrected chi connectivity index (χ0v) is 17.5. The second-order valence-corrected chi connectivity index (χ2v) is 7.39. The predicted octanol–water partition coefficient (Wildman–Crippen LogP) is 3.58. The minimum atomic E-state index is -0.847. The fraction of sp³-hybridized carbons (Fsp3) is 0.211. The summed E-state index contributed by atoms with van der Waals surface area (Å²) in [6.07, 6.45) is 0. The van der Waals surface area contributed by atoms with Crippen LogP contribution in [-0.2, 0) is 16.1 Å². The number of hydrogen-bond acceptors (Lipinski definition) is 7. The third-order valence-electron chi connectivity index (χ3n) is 4.07. The quantitative estimate of drug-likeness (QED) is 0.323. The van der Waals surface area contributed by atoms with Gasteiger partial charge in [-0.05, 0) is 37.3 Å². The summed E-state index contributed by atoms with van der Waals surface area (Å²) < 4.78 is 12.5. The summed E-state index contributed by atoms with van der Waals surface area (Å²) in [6, 6.07) is 8.85. The molecule has 3 aromatic rings. The van der Waals surface area contributed by atoms with Gasteiger partial charge in [0.1, 0.15) is 17.9 Å². The molecule has 0 bridgehead atoms. The lowest BCUT2D eigenvalue weighted by Gasteiger charge is -2.06. The standard InChI is InChI=1S/C19H16ClN3O6S/c1-3-29-17(24)10-22-15-7-5-12(28-2)9-16(15)30-19(22)21-18(25)13-8-11(20)4-6-14(13)23(26)27/h4-9H,3,10H2,1-2H3. The smallest absolute Gasteiger partial charge is 0.326 e. The van der Waals surface area contributed by atoms with E-state index in [-0.39, 0.29) is 28.5 Å². The number of aromatic nitrogens is 1. The number of esters is 1. The van der Waals surface area contributed by atoms with Crippen LogP contribution < -0.4 is 9.54 Å². The Hall–Kier alpha value is -3.24. The molecule has 0 saturated carbocycles. The largest absolute Gasteiger partial charge is 0.497 e. The number of nitrogens with zero attached hydrogens (tertiary/aromatic N) is 3. The fourth-order valence-corrected chi connectivity index (χ4v) is 3.97. The topological polar surface area (TPSA) is 113 Å². The van der Waals surface area contributed by atoms with Gasteiger partial charge in [-0.15, -0.1) is 0 Å². The zero-order chi connectivity index (χ0) is 21.8. The van der Waals surface area contributed by atoms with Crippen LogP contribution >= 0.6 is 22.9 Å². The Labute approximate surface area is 179 Å². The van der Waals surface area contributed by atoms with Crippen LogP contribution in [-0.4, -0.2) is 35.1 Å². The van der Waals surface area contributed by atoms with E-state index in [4.69, 9.17) is 21.1 Å². The third kappa shape index (κ3) is 4.50. The molecular formula is C19H16ClN3O6S. The van der Waals surface area contributed by atoms with Crippen molar-refractivity contribution in [2.24, 2.45) is 4.99 Å². The molecule has 9 nitrogen and oxygen atoms in total. The number of carbonyl (C=O) groups excluding carboxylic acids is 2. The van der Waals surface area contributed by atoms with Crippen molar-refractivity contribution in [3.8, 4) is 5.75 Å². The van der Waals surface area contributed by atoms with E-state index >= 15 is 0 Å². The molecule has 1 heterocycles. The van der Waals surface area contributed by atoms with Gasteiger partial charge in [-0.1, -0.05) is 22.9 Å². The summed E-state index contributed by atoms with van der Waals surface area (Å²) in [5.74, 6) is -0.758. The van der Waals surface area contributed by atoms with E-state index in [2.05, 4.69) is 4.99 Å². The third-order valence-corrected chi connectivity index (χ3v) is 5.34. The molecule has 156 valence electrons. The molecule has 0 aliphatic rings. The fourth-order valence-electron chi connectivity index (χ4n) is 2.74. The first-order valence-electron chi connectivity index (χ1n) is 8.70. The van der Waals surface area contributed by atoms with Gasteiger partial charge >= 0.3 is 5.97 Å². The number of carbonyl (C=O) groups is 2. The van der Waals surface area contributed by atoms with E-state index in [0.29, 0.717) is 16.0 Å². The Morgan fingerprint density at radius 3 is 2.70 bits per heavy atom. The molecule has 30 heavy (non-hydrogen) atoms. The Kier molecular flexibility index (Phi) is 6.48. The molecular weight excluding hydrogens is 434 g/mol. The highest BCUT2D eigenvalue weighted by Gasteiger charge is 2.21. The van der Waals surface area contributed by atoms with Crippen LogP contribution in [0.3, 0.4) is 0 Å². The van der Waals surface area contributed by atoms with Gasteiger partial charge in [0.05, 0.1) is 28.9 Å². The van der Waals surface area contributed by atoms with E-state index in [1.807, 2.05) is 0 Å². The number of rotatable bonds is 6. The van der Waals surface area contributed by atoms with Crippen LogP contribution in [0.15, 0.2) is 41.4 Å². The molecule has 0 aliphatic heterocycles. The summed E-state index contributed by atoms with van der Waals surface area (Å²) in [7, 11) is 1.52. The molecule has 3 rings (SSSR count). The number of halogens is 1. The van der Waals surface area contributed by atoms with Crippen LogP contribution in [0.25, 0.3) is 10.2 Å². The number of fused-ring (bicyclic) bond motifs is 1. The van der Waals surface area contributed by atoms with Crippen molar-refractivity contribution in [1.82, 2.24) is 4.57 Å². The Morgan fingerprint density at radius 2 is 2.03 bits per heavy atom. The monoisotopic (exact) mass is 449 g/mol. The Bertz CT molecular complexity index is 1220. The molecule has 0 atom stereocenters. The van der Waals surface area contributed by atoms with Crippen molar-refractivity contribution in [2.45, 2.75) is 13.5 Å². The van der Waals surface area contributed by atoms with Crippen molar-refractivity contribution in [1.29, 1.82) is 0 Å². The number of nitro benzene ring substituents is 1. The lowest BCUT2D eigenvalue weighted by molar-refractivity contribution is -0.385. The van der Waals surface area contributed by atoms with Crippen molar-refractivity contribution in [3.63, 3.8) is 0 Å². The summed E-state index contributed by atoms with van der Waals surface area (Å²) in [6.45, 7) is 1.71.